The number of ether oxygens (including phenoxy) is 1. The Balaban J connectivity index is 0.000000623. The van der Waals surface area contributed by atoms with Crippen molar-refractivity contribution in [2.75, 3.05) is 12.3 Å². The van der Waals surface area contributed by atoms with E-state index in [-0.39, 0.29) is 29.3 Å². The molecule has 4 atom stereocenters. The first-order valence-corrected chi connectivity index (χ1v) is 10.8. The second kappa shape index (κ2) is 10.6. The number of rotatable bonds is 6. The van der Waals surface area contributed by atoms with Crippen LogP contribution in [-0.4, -0.2) is 59.7 Å². The molecular formula is C17H19ClN6O11. The number of nitrogens with two attached hydrogens (primary N) is 1. The number of nitrogen functional groups attached to an aromatic ring is 1. The number of aliphatic hydroxyl groups is 3. The highest BCUT2D eigenvalue weighted by molar-refractivity contribution is 5.79. The second-order valence-corrected chi connectivity index (χ2v) is 7.80. The van der Waals surface area contributed by atoms with Crippen molar-refractivity contribution in [3.05, 3.63) is 52.6 Å². The van der Waals surface area contributed by atoms with Gasteiger partial charge in [0.1, 0.15) is 24.6 Å². The minimum absolute atomic E-state index is 0.0732. The summed E-state index contributed by atoms with van der Waals surface area (Å²) in [6.07, 6.45) is -1.94. The molecule has 3 heterocycles. The third-order valence-electron chi connectivity index (χ3n) is 4.87. The summed E-state index contributed by atoms with van der Waals surface area (Å²) in [5.74, 6) is 0.0732. The lowest BCUT2D eigenvalue weighted by Gasteiger charge is -2.17. The van der Waals surface area contributed by atoms with Crippen molar-refractivity contribution in [2.24, 2.45) is 0 Å². The van der Waals surface area contributed by atoms with Crippen LogP contribution in [0.5, 0.6) is 0 Å². The van der Waals surface area contributed by atoms with Gasteiger partial charge < -0.3 is 30.6 Å². The van der Waals surface area contributed by atoms with Crippen molar-refractivity contribution >= 4 is 22.7 Å². The first-order chi connectivity index (χ1) is 16.4. The maximum atomic E-state index is 11.1. The number of para-hydroxylation sites is 1. The molecule has 0 unspecified atom stereocenters. The Bertz CT molecular complexity index is 1180. The van der Waals surface area contributed by atoms with Gasteiger partial charge in [0.25, 0.3) is 17.8 Å². The van der Waals surface area contributed by atoms with E-state index in [1.807, 2.05) is 0 Å². The van der Waals surface area contributed by atoms with Crippen molar-refractivity contribution in [2.45, 2.75) is 31.1 Å². The van der Waals surface area contributed by atoms with Gasteiger partial charge in [0.05, 0.1) is 17.1 Å². The summed E-state index contributed by atoms with van der Waals surface area (Å²) in [6, 6.07) is 6.15. The number of imidazole rings is 1. The summed E-state index contributed by atoms with van der Waals surface area (Å²) < 4.78 is 42.0. The number of aliphatic hydroxyl groups excluding tert-OH is 3. The zero-order valence-electron chi connectivity index (χ0n) is 17.5. The smallest absolute Gasteiger partial charge is 0.289 e. The fraction of sp³-hybridized carbons (Fsp3) is 0.353. The van der Waals surface area contributed by atoms with E-state index in [4.69, 9.17) is 33.9 Å². The summed E-state index contributed by atoms with van der Waals surface area (Å²) in [5.41, 5.74) is 6.86. The van der Waals surface area contributed by atoms with Gasteiger partial charge in [-0.25, -0.2) is 23.6 Å². The summed E-state index contributed by atoms with van der Waals surface area (Å²) in [5, 5.41) is 40.5. The fourth-order valence-electron chi connectivity index (χ4n) is 3.29. The lowest BCUT2D eigenvalue weighted by atomic mass is 10.1. The molecular weight excluding hydrogens is 500 g/mol. The van der Waals surface area contributed by atoms with E-state index in [2.05, 4.69) is 9.97 Å². The van der Waals surface area contributed by atoms with Gasteiger partial charge in [-0.3, -0.25) is 14.7 Å². The average Bonchev–Trinajstić information content (AvgIpc) is 3.33. The molecule has 3 aromatic rings. The van der Waals surface area contributed by atoms with Crippen LogP contribution in [0.25, 0.3) is 11.2 Å². The molecule has 0 radical (unpaired) electrons. The zero-order chi connectivity index (χ0) is 25.9. The van der Waals surface area contributed by atoms with Crippen LogP contribution in [0.3, 0.4) is 0 Å². The quantitative estimate of drug-likeness (QED) is 0.134. The van der Waals surface area contributed by atoms with Gasteiger partial charge in [0, 0.05) is 6.07 Å². The Morgan fingerprint density at radius 3 is 2.46 bits per heavy atom. The molecule has 190 valence electrons. The van der Waals surface area contributed by atoms with Crippen LogP contribution in [0.15, 0.2) is 36.9 Å². The van der Waals surface area contributed by atoms with E-state index >= 15 is 0 Å². The lowest BCUT2D eigenvalue weighted by molar-refractivity contribution is -2.00. The molecule has 18 heteroatoms. The first-order valence-electron chi connectivity index (χ1n) is 9.54. The Hall–Kier alpha value is -3.26. The highest BCUT2D eigenvalue weighted by Gasteiger charge is 2.44. The summed E-state index contributed by atoms with van der Waals surface area (Å²) in [6.45, 7) is -0.592. The van der Waals surface area contributed by atoms with Gasteiger partial charge >= 0.3 is 0 Å². The lowest BCUT2D eigenvalue weighted by Crippen LogP contribution is -2.68. The number of nitrogens with zero attached hydrogens (tertiary/aromatic N) is 5. The van der Waals surface area contributed by atoms with Crippen LogP contribution >= 0.6 is 0 Å². The summed E-state index contributed by atoms with van der Waals surface area (Å²) in [4.78, 5) is 24.6. The van der Waals surface area contributed by atoms with Crippen LogP contribution in [-0.2, 0) is 11.3 Å². The normalized spacial score (nSPS) is 22.0. The number of benzene rings is 1. The number of hydrogen-bond acceptors (Lipinski definition) is 14. The molecule has 1 fully saturated rings. The number of fused-ring (bicyclic) bond motifs is 1. The highest BCUT2D eigenvalue weighted by Crippen LogP contribution is 2.31. The number of anilines is 1. The van der Waals surface area contributed by atoms with Crippen LogP contribution in [0, 0.1) is 20.4 Å². The molecule has 0 saturated carbocycles. The molecule has 4 rings (SSSR count). The molecule has 17 nitrogen and oxygen atoms in total. The summed E-state index contributed by atoms with van der Waals surface area (Å²) in [7, 11) is -4.94. The maximum absolute atomic E-state index is 11.1. The number of nitro benzene ring substituents is 1. The van der Waals surface area contributed by atoms with Gasteiger partial charge in [-0.2, -0.15) is 0 Å². The Kier molecular flexibility index (Phi) is 7.95. The molecule has 0 aliphatic carbocycles. The third kappa shape index (κ3) is 6.06. The van der Waals surface area contributed by atoms with Crippen molar-refractivity contribution < 1.29 is 63.4 Å². The second-order valence-electron chi connectivity index (χ2n) is 7.05. The SMILES string of the molecule is Nc1c2ncn([C@@H]3O[C@H](CO)[C@@H](O)[C@H]3O)c2nc[n+]1OCc1ccccc1[N+](=O)[O-].[O-][Cl+3]([O-])([O-])[O-]. The van der Waals surface area contributed by atoms with E-state index in [0.717, 1.165) is 4.73 Å². The van der Waals surface area contributed by atoms with Gasteiger partial charge in [0.15, 0.2) is 12.8 Å². The predicted molar refractivity (Wildman–Crippen MR) is 98.5 cm³/mol. The Morgan fingerprint density at radius 2 is 1.86 bits per heavy atom. The molecule has 1 aliphatic rings. The van der Waals surface area contributed by atoms with Crippen molar-refractivity contribution in [3.8, 4) is 0 Å². The van der Waals surface area contributed by atoms with Crippen LogP contribution in [0.2, 0.25) is 0 Å². The molecule has 0 spiro atoms. The van der Waals surface area contributed by atoms with Gasteiger partial charge in [-0.1, -0.05) is 21.8 Å². The molecule has 1 saturated heterocycles. The Morgan fingerprint density at radius 1 is 1.20 bits per heavy atom. The number of aromatic nitrogens is 4. The van der Waals surface area contributed by atoms with Crippen LogP contribution < -0.4 is 33.9 Å². The number of nitro groups is 1. The van der Waals surface area contributed by atoms with E-state index in [0.29, 0.717) is 5.56 Å². The molecule has 2 aromatic heterocycles. The average molecular weight is 519 g/mol. The van der Waals surface area contributed by atoms with Crippen molar-refractivity contribution in [1.29, 1.82) is 0 Å². The monoisotopic (exact) mass is 518 g/mol. The minimum Gasteiger partial charge on any atom is -0.394 e. The van der Waals surface area contributed by atoms with Gasteiger partial charge in [0.2, 0.25) is 11.2 Å². The topological polar surface area (TPSA) is 275 Å². The third-order valence-corrected chi connectivity index (χ3v) is 4.87. The molecule has 0 bridgehead atoms. The summed E-state index contributed by atoms with van der Waals surface area (Å²) >= 11 is 0. The highest BCUT2D eigenvalue weighted by atomic mass is 35.7. The Labute approximate surface area is 197 Å². The molecule has 35 heavy (non-hydrogen) atoms. The van der Waals surface area contributed by atoms with Crippen LogP contribution in [0.4, 0.5) is 11.5 Å². The van der Waals surface area contributed by atoms with E-state index < -0.39 is 46.3 Å². The van der Waals surface area contributed by atoms with Crippen LogP contribution in [0.1, 0.15) is 11.8 Å². The van der Waals surface area contributed by atoms with E-state index in [9.17, 15) is 25.4 Å². The molecule has 1 aliphatic heterocycles. The van der Waals surface area contributed by atoms with Gasteiger partial charge in [-0.05, 0) is 6.07 Å². The van der Waals surface area contributed by atoms with Crippen molar-refractivity contribution in [3.63, 3.8) is 0 Å². The predicted octanol–water partition coefficient (Wildman–Crippen LogP) is -6.31. The maximum Gasteiger partial charge on any atom is 0.289 e. The van der Waals surface area contributed by atoms with E-state index in [1.165, 1.54) is 23.3 Å². The minimum atomic E-state index is -4.94. The number of hydrogen-bond donors (Lipinski definition) is 4. The van der Waals surface area contributed by atoms with Crippen molar-refractivity contribution in [1.82, 2.24) is 14.5 Å². The molecule has 1 aromatic carbocycles. The fourth-order valence-corrected chi connectivity index (χ4v) is 3.29. The van der Waals surface area contributed by atoms with Gasteiger partial charge in [-0.15, -0.1) is 10.2 Å². The molecule has 0 amide bonds. The largest absolute Gasteiger partial charge is 0.394 e. The number of halogens is 1. The molecule has 5 N–H and O–H groups in total. The standard InChI is InChI=1S/C17H18N6O7.ClHO4/c18-15-12-16(21(7-19-12)17-14(26)13(25)11(5-24)30-17)20-8-22(15)29-6-9-3-1-2-4-10(9)23(27)28;2-1(3,4)5/h1-4,7-8,11,13-14,17-18,24-26H,5-6H2;(H,2,3,4,5)/t11-,13-,14-,17-;/m1./s1. The zero-order valence-corrected chi connectivity index (χ0v) is 18.2. The first kappa shape index (κ1) is 26.3. The van der Waals surface area contributed by atoms with E-state index in [1.54, 1.807) is 18.2 Å².